The van der Waals surface area contributed by atoms with Crippen molar-refractivity contribution < 1.29 is 14.3 Å². The second-order valence-electron chi connectivity index (χ2n) is 6.59. The number of rotatable bonds is 12. The molecule has 0 spiro atoms. The summed E-state index contributed by atoms with van der Waals surface area (Å²) in [6.45, 7) is 5.53. The first-order chi connectivity index (χ1) is 11.5. The lowest BCUT2D eigenvalue weighted by atomic mass is 10.0. The molecule has 0 heterocycles. The number of Topliss-reactive ketones (excluding diaryl/α,β-unsaturated/α-hetero) is 1. The van der Waals surface area contributed by atoms with E-state index in [0.29, 0.717) is 17.7 Å². The minimum absolute atomic E-state index is 0.0675. The van der Waals surface area contributed by atoms with Crippen LogP contribution in [0.15, 0.2) is 18.2 Å². The lowest BCUT2D eigenvalue weighted by molar-refractivity contribution is -0.131. The molecule has 1 rings (SSSR count). The number of unbranched alkanes of at least 4 members (excludes halogenated alkanes) is 8. The molecule has 0 amide bonds. The van der Waals surface area contributed by atoms with Gasteiger partial charge >= 0.3 is 5.97 Å². The van der Waals surface area contributed by atoms with Crippen molar-refractivity contribution in [2.75, 3.05) is 0 Å². The second kappa shape index (κ2) is 11.8. The lowest BCUT2D eigenvalue weighted by Crippen LogP contribution is -2.08. The molecule has 3 nitrogen and oxygen atoms in total. The van der Waals surface area contributed by atoms with Gasteiger partial charge in [-0.2, -0.15) is 0 Å². The van der Waals surface area contributed by atoms with Gasteiger partial charge < -0.3 is 4.74 Å². The van der Waals surface area contributed by atoms with Crippen molar-refractivity contribution in [3.63, 3.8) is 0 Å². The molecule has 0 N–H and O–H groups in total. The highest BCUT2D eigenvalue weighted by molar-refractivity contribution is 5.99. The minimum Gasteiger partial charge on any atom is -0.426 e. The van der Waals surface area contributed by atoms with Crippen LogP contribution in [0.4, 0.5) is 0 Å². The summed E-state index contributed by atoms with van der Waals surface area (Å²) in [7, 11) is 0. The average molecular weight is 332 g/mol. The first-order valence-corrected chi connectivity index (χ1v) is 9.37. The average Bonchev–Trinajstić information content (AvgIpc) is 2.54. The number of esters is 1. The summed E-state index contributed by atoms with van der Waals surface area (Å²) >= 11 is 0. The zero-order valence-corrected chi connectivity index (χ0v) is 15.5. The molecule has 0 aliphatic carbocycles. The van der Waals surface area contributed by atoms with E-state index in [2.05, 4.69) is 6.92 Å². The summed E-state index contributed by atoms with van der Waals surface area (Å²) in [6, 6.07) is 5.38. The van der Waals surface area contributed by atoms with Crippen molar-refractivity contribution >= 4 is 11.8 Å². The van der Waals surface area contributed by atoms with Gasteiger partial charge in [0, 0.05) is 13.3 Å². The van der Waals surface area contributed by atoms with E-state index in [0.717, 1.165) is 18.4 Å². The Hall–Kier alpha value is -1.64. The van der Waals surface area contributed by atoms with Crippen LogP contribution >= 0.6 is 0 Å². The molecule has 0 unspecified atom stereocenters. The number of hydrogen-bond donors (Lipinski definition) is 0. The van der Waals surface area contributed by atoms with Crippen molar-refractivity contribution in [2.24, 2.45) is 0 Å². The smallest absolute Gasteiger partial charge is 0.308 e. The number of hydrogen-bond acceptors (Lipinski definition) is 3. The Balaban J connectivity index is 2.32. The van der Waals surface area contributed by atoms with E-state index in [1.54, 1.807) is 6.07 Å². The number of benzene rings is 1. The molecule has 134 valence electrons. The molecule has 0 bridgehead atoms. The predicted molar refractivity (Wildman–Crippen MR) is 98.7 cm³/mol. The van der Waals surface area contributed by atoms with Gasteiger partial charge in [-0.1, -0.05) is 69.9 Å². The molecule has 3 heteroatoms. The third-order valence-electron chi connectivity index (χ3n) is 4.20. The molecular weight excluding hydrogens is 300 g/mol. The zero-order valence-electron chi connectivity index (χ0n) is 15.5. The molecule has 0 radical (unpaired) electrons. The second-order valence-corrected chi connectivity index (χ2v) is 6.59. The van der Waals surface area contributed by atoms with E-state index < -0.39 is 5.97 Å². The molecule has 1 aromatic carbocycles. The minimum atomic E-state index is -0.393. The highest BCUT2D eigenvalue weighted by Crippen LogP contribution is 2.23. The van der Waals surface area contributed by atoms with E-state index in [1.165, 1.54) is 51.9 Å². The van der Waals surface area contributed by atoms with Crippen LogP contribution in [0, 0.1) is 6.92 Å². The Kier molecular flexibility index (Phi) is 10.1. The Morgan fingerprint density at radius 3 is 2.08 bits per heavy atom. The van der Waals surface area contributed by atoms with Gasteiger partial charge in [-0.15, -0.1) is 0 Å². The third-order valence-corrected chi connectivity index (χ3v) is 4.20. The van der Waals surface area contributed by atoms with Gasteiger partial charge in [0.1, 0.15) is 5.75 Å². The fourth-order valence-corrected chi connectivity index (χ4v) is 2.84. The van der Waals surface area contributed by atoms with Crippen LogP contribution in [-0.4, -0.2) is 11.8 Å². The van der Waals surface area contributed by atoms with E-state index in [9.17, 15) is 9.59 Å². The molecule has 0 aliphatic heterocycles. The van der Waals surface area contributed by atoms with Crippen molar-refractivity contribution in [1.82, 2.24) is 0 Å². The molecule has 0 atom stereocenters. The molecule has 24 heavy (non-hydrogen) atoms. The summed E-state index contributed by atoms with van der Waals surface area (Å²) < 4.78 is 5.15. The quantitative estimate of drug-likeness (QED) is 0.203. The predicted octanol–water partition coefficient (Wildman–Crippen LogP) is 6.02. The van der Waals surface area contributed by atoms with Crippen LogP contribution in [0.5, 0.6) is 5.75 Å². The summed E-state index contributed by atoms with van der Waals surface area (Å²) in [5.41, 5.74) is 1.53. The molecule has 0 aromatic heterocycles. The number of carbonyl (C=O) groups is 2. The zero-order chi connectivity index (χ0) is 17.8. The topological polar surface area (TPSA) is 43.4 Å². The molecule has 1 aromatic rings. The van der Waals surface area contributed by atoms with Crippen molar-refractivity contribution in [3.8, 4) is 5.75 Å². The standard InChI is InChI=1S/C21H32O3/c1-4-5-6-7-8-9-10-11-12-13-20(23)19-16-17(2)14-15-21(19)24-18(3)22/h14-16H,4-13H2,1-3H3. The van der Waals surface area contributed by atoms with E-state index >= 15 is 0 Å². The maximum absolute atomic E-state index is 12.4. The molecule has 0 saturated carbocycles. The van der Waals surface area contributed by atoms with Gasteiger partial charge in [-0.05, 0) is 25.5 Å². The van der Waals surface area contributed by atoms with E-state index in [1.807, 2.05) is 19.1 Å². The van der Waals surface area contributed by atoms with Crippen molar-refractivity contribution in [2.45, 2.75) is 85.0 Å². The van der Waals surface area contributed by atoms with Crippen molar-refractivity contribution in [3.05, 3.63) is 29.3 Å². The van der Waals surface area contributed by atoms with Crippen molar-refractivity contribution in [1.29, 1.82) is 0 Å². The van der Waals surface area contributed by atoms with Crippen LogP contribution in [-0.2, 0) is 4.79 Å². The fourth-order valence-electron chi connectivity index (χ4n) is 2.84. The van der Waals surface area contributed by atoms with Crippen LogP contribution < -0.4 is 4.74 Å². The Morgan fingerprint density at radius 1 is 0.917 bits per heavy atom. The summed E-state index contributed by atoms with van der Waals surface area (Å²) in [5, 5.41) is 0. The molecular formula is C21H32O3. The van der Waals surface area contributed by atoms with Crippen LogP contribution in [0.1, 0.15) is 94.0 Å². The first kappa shape index (κ1) is 20.4. The number of ether oxygens (including phenoxy) is 1. The van der Waals surface area contributed by atoms with Crippen LogP contribution in [0.25, 0.3) is 0 Å². The highest BCUT2D eigenvalue weighted by atomic mass is 16.5. The Labute approximate surface area is 146 Å². The van der Waals surface area contributed by atoms with Crippen LogP contribution in [0.3, 0.4) is 0 Å². The Bertz CT molecular complexity index is 520. The molecule has 0 fully saturated rings. The van der Waals surface area contributed by atoms with Gasteiger partial charge in [-0.25, -0.2) is 0 Å². The monoisotopic (exact) mass is 332 g/mol. The molecule has 0 saturated heterocycles. The van der Waals surface area contributed by atoms with Crippen LogP contribution in [0.2, 0.25) is 0 Å². The van der Waals surface area contributed by atoms with E-state index in [4.69, 9.17) is 4.74 Å². The highest BCUT2D eigenvalue weighted by Gasteiger charge is 2.14. The first-order valence-electron chi connectivity index (χ1n) is 9.37. The number of carbonyl (C=O) groups excluding carboxylic acids is 2. The van der Waals surface area contributed by atoms with Gasteiger partial charge in [0.2, 0.25) is 0 Å². The largest absolute Gasteiger partial charge is 0.426 e. The molecule has 0 aliphatic rings. The fraction of sp³-hybridized carbons (Fsp3) is 0.619. The van der Waals surface area contributed by atoms with Gasteiger partial charge in [0.15, 0.2) is 5.78 Å². The lowest BCUT2D eigenvalue weighted by Gasteiger charge is -2.09. The summed E-state index contributed by atoms with van der Waals surface area (Å²) in [5.74, 6) is 0.0582. The summed E-state index contributed by atoms with van der Waals surface area (Å²) in [4.78, 5) is 23.6. The maximum Gasteiger partial charge on any atom is 0.308 e. The van der Waals surface area contributed by atoms with Gasteiger partial charge in [0.05, 0.1) is 5.56 Å². The SMILES string of the molecule is CCCCCCCCCCCC(=O)c1cc(C)ccc1OC(C)=O. The normalized spacial score (nSPS) is 10.6. The number of ketones is 1. The third kappa shape index (κ3) is 8.28. The number of aryl methyl sites for hydroxylation is 1. The van der Waals surface area contributed by atoms with Gasteiger partial charge in [0.25, 0.3) is 0 Å². The van der Waals surface area contributed by atoms with E-state index in [-0.39, 0.29) is 5.78 Å². The maximum atomic E-state index is 12.4. The summed E-state index contributed by atoms with van der Waals surface area (Å²) in [6.07, 6.45) is 11.6. The Morgan fingerprint density at radius 2 is 1.50 bits per heavy atom. The van der Waals surface area contributed by atoms with Gasteiger partial charge in [-0.3, -0.25) is 9.59 Å².